The third-order valence-electron chi connectivity index (χ3n) is 2.61. The van der Waals surface area contributed by atoms with Gasteiger partial charge in [-0.2, -0.15) is 0 Å². The fourth-order valence-electron chi connectivity index (χ4n) is 1.81. The fraction of sp³-hybridized carbons (Fsp3) is 0. The number of nitrogens with zero attached hydrogens (tertiary/aromatic N) is 3. The fourth-order valence-corrected chi connectivity index (χ4v) is 1.81. The van der Waals surface area contributed by atoms with Crippen molar-refractivity contribution in [3.05, 3.63) is 54.1 Å². The second-order valence-corrected chi connectivity index (χ2v) is 3.57. The SMILES string of the molecule is O=C1c2ccncc2C(=O)N1c1ccncc1. The molecule has 0 fully saturated rings. The lowest BCUT2D eigenvalue weighted by Gasteiger charge is -2.12. The Labute approximate surface area is 96.7 Å². The molecule has 82 valence electrons. The van der Waals surface area contributed by atoms with Crippen LogP contribution in [0.3, 0.4) is 0 Å². The summed E-state index contributed by atoms with van der Waals surface area (Å²) in [4.78, 5) is 33.0. The van der Waals surface area contributed by atoms with Crippen molar-refractivity contribution in [3.8, 4) is 0 Å². The van der Waals surface area contributed by atoms with Gasteiger partial charge in [0.2, 0.25) is 0 Å². The number of amides is 2. The molecule has 1 aliphatic heterocycles. The monoisotopic (exact) mass is 225 g/mol. The molecule has 17 heavy (non-hydrogen) atoms. The molecule has 0 saturated carbocycles. The summed E-state index contributed by atoms with van der Waals surface area (Å²) in [7, 11) is 0. The highest BCUT2D eigenvalue weighted by Crippen LogP contribution is 2.26. The van der Waals surface area contributed by atoms with E-state index in [4.69, 9.17) is 0 Å². The first kappa shape index (κ1) is 9.65. The van der Waals surface area contributed by atoms with Gasteiger partial charge in [0.1, 0.15) is 0 Å². The van der Waals surface area contributed by atoms with Gasteiger partial charge in [0, 0.05) is 24.8 Å². The highest BCUT2D eigenvalue weighted by Gasteiger charge is 2.36. The van der Waals surface area contributed by atoms with Crippen LogP contribution in [0.25, 0.3) is 0 Å². The summed E-state index contributed by atoms with van der Waals surface area (Å²) in [6.07, 6.45) is 5.99. The van der Waals surface area contributed by atoms with Crippen molar-refractivity contribution in [2.75, 3.05) is 4.90 Å². The van der Waals surface area contributed by atoms with Gasteiger partial charge < -0.3 is 0 Å². The van der Waals surface area contributed by atoms with Gasteiger partial charge in [-0.25, -0.2) is 4.90 Å². The number of fused-ring (bicyclic) bond motifs is 1. The van der Waals surface area contributed by atoms with Crippen LogP contribution in [0.5, 0.6) is 0 Å². The number of hydrogen-bond donors (Lipinski definition) is 0. The number of aromatic nitrogens is 2. The molecule has 0 aromatic carbocycles. The van der Waals surface area contributed by atoms with E-state index >= 15 is 0 Å². The van der Waals surface area contributed by atoms with Gasteiger partial charge in [-0.1, -0.05) is 0 Å². The molecule has 2 aromatic heterocycles. The molecule has 0 spiro atoms. The van der Waals surface area contributed by atoms with Crippen LogP contribution in [0.2, 0.25) is 0 Å². The van der Waals surface area contributed by atoms with Crippen molar-refractivity contribution in [1.29, 1.82) is 0 Å². The van der Waals surface area contributed by atoms with Crippen LogP contribution in [0.1, 0.15) is 20.7 Å². The summed E-state index contributed by atoms with van der Waals surface area (Å²) in [6.45, 7) is 0. The van der Waals surface area contributed by atoms with Crippen LogP contribution in [-0.4, -0.2) is 21.8 Å². The third kappa shape index (κ3) is 1.32. The molecule has 0 N–H and O–H groups in total. The summed E-state index contributed by atoms with van der Waals surface area (Å²) in [5.74, 6) is -0.664. The summed E-state index contributed by atoms with van der Waals surface area (Å²) >= 11 is 0. The maximum atomic E-state index is 12.1. The van der Waals surface area contributed by atoms with Gasteiger partial charge in [-0.05, 0) is 18.2 Å². The zero-order chi connectivity index (χ0) is 11.8. The minimum absolute atomic E-state index is 0.321. The molecule has 0 unspecified atom stereocenters. The average Bonchev–Trinajstić information content (AvgIpc) is 2.64. The highest BCUT2D eigenvalue weighted by molar-refractivity contribution is 6.34. The number of carbonyl (C=O) groups is 2. The maximum absolute atomic E-state index is 12.1. The molecule has 0 radical (unpaired) electrons. The minimum atomic E-state index is -0.343. The van der Waals surface area contributed by atoms with E-state index in [0.717, 1.165) is 4.90 Å². The summed E-state index contributed by atoms with van der Waals surface area (Å²) < 4.78 is 0. The van der Waals surface area contributed by atoms with Gasteiger partial charge in [0.15, 0.2) is 0 Å². The topological polar surface area (TPSA) is 63.2 Å². The Morgan fingerprint density at radius 1 is 0.824 bits per heavy atom. The maximum Gasteiger partial charge on any atom is 0.267 e. The molecule has 0 bridgehead atoms. The number of pyridine rings is 2. The number of rotatable bonds is 1. The first-order chi connectivity index (χ1) is 8.29. The predicted octanol–water partition coefficient (Wildman–Crippen LogP) is 1.28. The predicted molar refractivity (Wildman–Crippen MR) is 59.6 cm³/mol. The highest BCUT2D eigenvalue weighted by atomic mass is 16.2. The van der Waals surface area contributed by atoms with Gasteiger partial charge in [0.25, 0.3) is 11.8 Å². The molecule has 2 aromatic rings. The van der Waals surface area contributed by atoms with E-state index in [1.807, 2.05) is 0 Å². The van der Waals surface area contributed by atoms with Crippen LogP contribution in [0.4, 0.5) is 5.69 Å². The number of imide groups is 1. The lowest BCUT2D eigenvalue weighted by molar-refractivity contribution is 0.0926. The first-order valence-electron chi connectivity index (χ1n) is 5.02. The van der Waals surface area contributed by atoms with Gasteiger partial charge in [-0.3, -0.25) is 19.6 Å². The van der Waals surface area contributed by atoms with E-state index < -0.39 is 0 Å². The Kier molecular flexibility index (Phi) is 1.98. The first-order valence-corrected chi connectivity index (χ1v) is 5.02. The van der Waals surface area contributed by atoms with Crippen LogP contribution >= 0.6 is 0 Å². The van der Waals surface area contributed by atoms with Gasteiger partial charge in [-0.15, -0.1) is 0 Å². The van der Waals surface area contributed by atoms with Crippen molar-refractivity contribution in [2.45, 2.75) is 0 Å². The number of carbonyl (C=O) groups excluding carboxylic acids is 2. The average molecular weight is 225 g/mol. The molecule has 1 aliphatic rings. The quantitative estimate of drug-likeness (QED) is 0.686. The van der Waals surface area contributed by atoms with Crippen molar-refractivity contribution in [3.63, 3.8) is 0 Å². The van der Waals surface area contributed by atoms with Crippen molar-refractivity contribution >= 4 is 17.5 Å². The second-order valence-electron chi connectivity index (χ2n) is 3.57. The van der Waals surface area contributed by atoms with Crippen LogP contribution in [0.15, 0.2) is 43.0 Å². The molecule has 0 aliphatic carbocycles. The molecule has 2 amide bonds. The molecule has 0 saturated heterocycles. The lowest BCUT2D eigenvalue weighted by atomic mass is 10.2. The van der Waals surface area contributed by atoms with E-state index in [2.05, 4.69) is 9.97 Å². The van der Waals surface area contributed by atoms with E-state index in [-0.39, 0.29) is 11.8 Å². The Balaban J connectivity index is 2.13. The van der Waals surface area contributed by atoms with Crippen LogP contribution < -0.4 is 4.90 Å². The summed E-state index contributed by atoms with van der Waals surface area (Å²) in [5.41, 5.74) is 1.25. The van der Waals surface area contributed by atoms with E-state index in [9.17, 15) is 9.59 Å². The number of anilines is 1. The molecule has 5 heteroatoms. The molecular weight excluding hydrogens is 218 g/mol. The molecule has 5 nitrogen and oxygen atoms in total. The molecule has 3 rings (SSSR count). The Bertz CT molecular complexity index is 575. The Morgan fingerprint density at radius 3 is 2.18 bits per heavy atom. The third-order valence-corrected chi connectivity index (χ3v) is 2.61. The summed E-state index contributed by atoms with van der Waals surface area (Å²) in [6, 6.07) is 4.79. The van der Waals surface area contributed by atoms with Crippen LogP contribution in [0, 0.1) is 0 Å². The van der Waals surface area contributed by atoms with E-state index in [0.29, 0.717) is 16.8 Å². The lowest BCUT2D eigenvalue weighted by Crippen LogP contribution is -2.29. The summed E-state index contributed by atoms with van der Waals surface area (Å²) in [5, 5.41) is 0. The van der Waals surface area contributed by atoms with Crippen molar-refractivity contribution in [2.24, 2.45) is 0 Å². The Hall–Kier alpha value is -2.56. The van der Waals surface area contributed by atoms with Gasteiger partial charge in [0.05, 0.1) is 16.8 Å². The zero-order valence-corrected chi connectivity index (χ0v) is 8.70. The smallest absolute Gasteiger partial charge is 0.267 e. The van der Waals surface area contributed by atoms with E-state index in [1.165, 1.54) is 24.8 Å². The Morgan fingerprint density at radius 2 is 1.47 bits per heavy atom. The van der Waals surface area contributed by atoms with Crippen LogP contribution in [-0.2, 0) is 0 Å². The number of hydrogen-bond acceptors (Lipinski definition) is 4. The van der Waals surface area contributed by atoms with Gasteiger partial charge >= 0.3 is 0 Å². The standard InChI is InChI=1S/C12H7N3O2/c16-11-9-3-6-14-7-10(9)12(17)15(11)8-1-4-13-5-2-8/h1-7H. The second kappa shape index (κ2) is 3.48. The largest absolute Gasteiger partial charge is 0.268 e. The minimum Gasteiger partial charge on any atom is -0.268 e. The van der Waals surface area contributed by atoms with Crippen molar-refractivity contribution in [1.82, 2.24) is 9.97 Å². The molecule has 3 heterocycles. The van der Waals surface area contributed by atoms with Crippen molar-refractivity contribution < 1.29 is 9.59 Å². The molecular formula is C12H7N3O2. The van der Waals surface area contributed by atoms with E-state index in [1.54, 1.807) is 18.2 Å². The molecule has 0 atom stereocenters. The zero-order valence-electron chi connectivity index (χ0n) is 8.70. The normalized spacial score (nSPS) is 14.0.